The third kappa shape index (κ3) is 4.68. The molecule has 0 fully saturated rings. The first-order valence-corrected chi connectivity index (χ1v) is 9.43. The molecule has 7 heteroatoms. The van der Waals surface area contributed by atoms with Crippen LogP contribution < -0.4 is 10.9 Å². The lowest BCUT2D eigenvalue weighted by atomic mass is 10.1. The summed E-state index contributed by atoms with van der Waals surface area (Å²) in [6.07, 6.45) is -0.0680. The van der Waals surface area contributed by atoms with Crippen molar-refractivity contribution < 1.29 is 14.3 Å². The van der Waals surface area contributed by atoms with Crippen LogP contribution in [-0.4, -0.2) is 34.1 Å². The lowest BCUT2D eigenvalue weighted by Gasteiger charge is -2.12. The van der Waals surface area contributed by atoms with Gasteiger partial charge in [0.1, 0.15) is 5.82 Å². The zero-order valence-corrected chi connectivity index (χ0v) is 16.6. The van der Waals surface area contributed by atoms with Gasteiger partial charge in [-0.25, -0.2) is 4.98 Å². The van der Waals surface area contributed by atoms with E-state index in [2.05, 4.69) is 10.3 Å². The van der Waals surface area contributed by atoms with Crippen molar-refractivity contribution in [3.8, 4) is 5.69 Å². The summed E-state index contributed by atoms with van der Waals surface area (Å²) < 4.78 is 6.55. The number of amides is 1. The Balaban J connectivity index is 1.74. The predicted molar refractivity (Wildman–Crippen MR) is 110 cm³/mol. The Morgan fingerprint density at radius 1 is 1.10 bits per heavy atom. The summed E-state index contributed by atoms with van der Waals surface area (Å²) in [5.74, 6) is -0.0847. The second-order valence-electron chi connectivity index (χ2n) is 6.91. The molecule has 0 spiro atoms. The largest absolute Gasteiger partial charge is 0.463 e. The molecule has 0 unspecified atom stereocenters. The zero-order valence-electron chi connectivity index (χ0n) is 16.6. The lowest BCUT2D eigenvalue weighted by molar-refractivity contribution is -0.147. The van der Waals surface area contributed by atoms with Gasteiger partial charge in [0.15, 0.2) is 0 Å². The summed E-state index contributed by atoms with van der Waals surface area (Å²) in [6, 6.07) is 13.9. The highest BCUT2D eigenvalue weighted by Crippen LogP contribution is 2.13. The average molecular weight is 393 g/mol. The van der Waals surface area contributed by atoms with E-state index in [0.29, 0.717) is 28.0 Å². The Labute approximate surface area is 168 Å². The van der Waals surface area contributed by atoms with Crippen molar-refractivity contribution in [1.29, 1.82) is 0 Å². The van der Waals surface area contributed by atoms with Crippen molar-refractivity contribution >= 4 is 22.8 Å². The van der Waals surface area contributed by atoms with E-state index < -0.39 is 0 Å². The van der Waals surface area contributed by atoms with Gasteiger partial charge in [-0.2, -0.15) is 0 Å². The Morgan fingerprint density at radius 3 is 2.48 bits per heavy atom. The van der Waals surface area contributed by atoms with E-state index in [4.69, 9.17) is 4.74 Å². The molecule has 2 aromatic carbocycles. The van der Waals surface area contributed by atoms with Crippen molar-refractivity contribution in [3.05, 3.63) is 70.3 Å². The quantitative estimate of drug-likeness (QED) is 0.651. The number of carbonyl (C=O) groups is 2. The van der Waals surface area contributed by atoms with Gasteiger partial charge >= 0.3 is 5.97 Å². The van der Waals surface area contributed by atoms with Crippen LogP contribution in [0.4, 0.5) is 0 Å². The number of para-hydroxylation sites is 1. The number of hydrogen-bond donors (Lipinski definition) is 1. The van der Waals surface area contributed by atoms with Crippen LogP contribution in [0.5, 0.6) is 0 Å². The Kier molecular flexibility index (Phi) is 6.07. The highest BCUT2D eigenvalue weighted by atomic mass is 16.5. The molecule has 7 nitrogen and oxygen atoms in total. The maximum atomic E-state index is 12.8. The number of benzene rings is 2. The maximum absolute atomic E-state index is 12.8. The summed E-state index contributed by atoms with van der Waals surface area (Å²) >= 11 is 0. The number of hydrogen-bond acceptors (Lipinski definition) is 5. The Bertz CT molecular complexity index is 1100. The van der Waals surface area contributed by atoms with Crippen LogP contribution in [0.25, 0.3) is 16.6 Å². The molecule has 0 aliphatic carbocycles. The first-order chi connectivity index (χ1) is 13.9. The minimum absolute atomic E-state index is 0.110. The van der Waals surface area contributed by atoms with Gasteiger partial charge in [-0.1, -0.05) is 12.1 Å². The number of ether oxygens (including phenoxy) is 1. The summed E-state index contributed by atoms with van der Waals surface area (Å²) in [4.78, 5) is 41.1. The third-order valence-electron chi connectivity index (χ3n) is 4.31. The van der Waals surface area contributed by atoms with E-state index in [1.807, 2.05) is 6.07 Å². The van der Waals surface area contributed by atoms with E-state index >= 15 is 0 Å². The fraction of sp³-hybridized carbons (Fsp3) is 0.273. The lowest BCUT2D eigenvalue weighted by Crippen LogP contribution is -2.27. The van der Waals surface area contributed by atoms with Crippen LogP contribution in [0.2, 0.25) is 0 Å². The summed E-state index contributed by atoms with van der Waals surface area (Å²) in [5, 5.41) is 3.22. The zero-order chi connectivity index (χ0) is 21.0. The fourth-order valence-electron chi connectivity index (χ4n) is 3.01. The number of fused-ring (bicyclic) bond motifs is 1. The average Bonchev–Trinajstić information content (AvgIpc) is 2.68. The molecule has 0 radical (unpaired) electrons. The number of aryl methyl sites for hydroxylation is 1. The van der Waals surface area contributed by atoms with Gasteiger partial charge in [-0.15, -0.1) is 0 Å². The molecule has 0 saturated carbocycles. The van der Waals surface area contributed by atoms with Gasteiger partial charge in [0.2, 0.25) is 0 Å². The molecule has 0 saturated heterocycles. The molecule has 0 atom stereocenters. The molecule has 0 aliphatic heterocycles. The molecule has 3 rings (SSSR count). The normalized spacial score (nSPS) is 10.9. The van der Waals surface area contributed by atoms with Gasteiger partial charge in [-0.05, 0) is 57.2 Å². The van der Waals surface area contributed by atoms with E-state index in [0.717, 1.165) is 0 Å². The minimum atomic E-state index is -0.352. The minimum Gasteiger partial charge on any atom is -0.463 e. The summed E-state index contributed by atoms with van der Waals surface area (Å²) in [7, 11) is 0. The van der Waals surface area contributed by atoms with E-state index in [1.54, 1.807) is 63.2 Å². The summed E-state index contributed by atoms with van der Waals surface area (Å²) in [6.45, 7) is 5.51. The molecule has 1 N–H and O–H groups in total. The van der Waals surface area contributed by atoms with Crippen LogP contribution in [0.1, 0.15) is 36.5 Å². The van der Waals surface area contributed by atoms with E-state index in [-0.39, 0.29) is 36.5 Å². The predicted octanol–water partition coefficient (Wildman–Crippen LogP) is 2.77. The maximum Gasteiger partial charge on any atom is 0.307 e. The molecule has 1 aromatic heterocycles. The second-order valence-corrected chi connectivity index (χ2v) is 6.91. The van der Waals surface area contributed by atoms with Crippen LogP contribution in [0, 0.1) is 6.92 Å². The highest BCUT2D eigenvalue weighted by Gasteiger charge is 2.12. The van der Waals surface area contributed by atoms with Crippen LogP contribution in [-0.2, 0) is 9.53 Å². The molecule has 0 aliphatic rings. The number of nitrogens with zero attached hydrogens (tertiary/aromatic N) is 2. The second kappa shape index (κ2) is 8.68. The molecule has 150 valence electrons. The standard InChI is InChI=1S/C22H23N3O4/c1-14(2)29-20(26)12-13-23-21(27)16-8-10-17(11-9-16)25-15(3)24-19-7-5-4-6-18(19)22(25)28/h4-11,14H,12-13H2,1-3H3,(H,23,27). The number of nitrogens with one attached hydrogen (secondary N) is 1. The van der Waals surface area contributed by atoms with Crippen molar-refractivity contribution in [1.82, 2.24) is 14.9 Å². The van der Waals surface area contributed by atoms with Crippen molar-refractivity contribution in [2.45, 2.75) is 33.3 Å². The van der Waals surface area contributed by atoms with Gasteiger partial charge in [0, 0.05) is 12.1 Å². The molecular weight excluding hydrogens is 370 g/mol. The van der Waals surface area contributed by atoms with Crippen molar-refractivity contribution in [2.24, 2.45) is 0 Å². The molecule has 0 bridgehead atoms. The molecular formula is C22H23N3O4. The fourth-order valence-corrected chi connectivity index (χ4v) is 3.01. The number of rotatable bonds is 6. The smallest absolute Gasteiger partial charge is 0.307 e. The number of carbonyl (C=O) groups excluding carboxylic acids is 2. The molecule has 1 heterocycles. The SMILES string of the molecule is Cc1nc2ccccc2c(=O)n1-c1ccc(C(=O)NCCC(=O)OC(C)C)cc1. The molecule has 1 amide bonds. The van der Waals surface area contributed by atoms with Crippen molar-refractivity contribution in [3.63, 3.8) is 0 Å². The number of aromatic nitrogens is 2. The van der Waals surface area contributed by atoms with E-state index in [9.17, 15) is 14.4 Å². The monoisotopic (exact) mass is 393 g/mol. The van der Waals surface area contributed by atoms with Gasteiger partial charge in [-0.3, -0.25) is 19.0 Å². The Morgan fingerprint density at radius 2 is 1.79 bits per heavy atom. The Hall–Kier alpha value is -3.48. The molecule has 29 heavy (non-hydrogen) atoms. The molecule has 3 aromatic rings. The van der Waals surface area contributed by atoms with Gasteiger partial charge < -0.3 is 10.1 Å². The highest BCUT2D eigenvalue weighted by molar-refractivity contribution is 5.94. The van der Waals surface area contributed by atoms with Crippen LogP contribution in [0.3, 0.4) is 0 Å². The van der Waals surface area contributed by atoms with Gasteiger partial charge in [0.25, 0.3) is 11.5 Å². The van der Waals surface area contributed by atoms with Crippen LogP contribution in [0.15, 0.2) is 53.3 Å². The van der Waals surface area contributed by atoms with Crippen molar-refractivity contribution in [2.75, 3.05) is 6.54 Å². The van der Waals surface area contributed by atoms with E-state index in [1.165, 1.54) is 4.57 Å². The third-order valence-corrected chi connectivity index (χ3v) is 4.31. The number of esters is 1. The first kappa shape index (κ1) is 20.3. The van der Waals surface area contributed by atoms with Gasteiger partial charge in [0.05, 0.1) is 29.1 Å². The topological polar surface area (TPSA) is 90.3 Å². The first-order valence-electron chi connectivity index (χ1n) is 9.43. The van der Waals surface area contributed by atoms with Crippen LogP contribution >= 0.6 is 0 Å². The summed E-state index contributed by atoms with van der Waals surface area (Å²) in [5.41, 5.74) is 1.56.